The molecule has 1 aliphatic heterocycles. The van der Waals surface area contributed by atoms with Gasteiger partial charge in [-0.15, -0.1) is 0 Å². The summed E-state index contributed by atoms with van der Waals surface area (Å²) < 4.78 is 6.56. The zero-order chi connectivity index (χ0) is 21.1. The molecule has 0 bridgehead atoms. The van der Waals surface area contributed by atoms with Crippen LogP contribution in [0.25, 0.3) is 0 Å². The van der Waals surface area contributed by atoms with Crippen molar-refractivity contribution in [2.24, 2.45) is 5.92 Å². The Labute approximate surface area is 167 Å². The molecule has 11 heteroatoms. The minimum Gasteiger partial charge on any atom is -0.483 e. The van der Waals surface area contributed by atoms with Gasteiger partial charge in [-0.05, 0) is 24.1 Å². The molecule has 1 atom stereocenters. The second-order valence-corrected chi connectivity index (χ2v) is 6.28. The Balaban J connectivity index is 0.000000941. The van der Waals surface area contributed by atoms with Crippen molar-refractivity contribution in [3.05, 3.63) is 41.7 Å². The Hall–Kier alpha value is -3.34. The van der Waals surface area contributed by atoms with Crippen molar-refractivity contribution in [1.29, 1.82) is 0 Å². The average molecular weight is 404 g/mol. The Kier molecular flexibility index (Phi) is 8.70. The minimum atomic E-state index is -0.250. The first kappa shape index (κ1) is 22.0. The van der Waals surface area contributed by atoms with Crippen LogP contribution in [0.2, 0.25) is 0 Å². The molecule has 3 rings (SSSR count). The molecule has 2 amide bonds. The van der Waals surface area contributed by atoms with Gasteiger partial charge in [0.2, 0.25) is 11.8 Å². The van der Waals surface area contributed by atoms with Gasteiger partial charge in [-0.3, -0.25) is 19.4 Å². The number of hydrogen-bond donors (Lipinski definition) is 3. The Morgan fingerprint density at radius 2 is 2.14 bits per heavy atom. The highest BCUT2D eigenvalue weighted by Crippen LogP contribution is 2.17. The number of ether oxygens (including phenoxy) is 1. The number of nitrogens with one attached hydrogen (secondary N) is 2. The monoisotopic (exact) mass is 404 g/mol. The van der Waals surface area contributed by atoms with E-state index in [1.165, 1.54) is 13.4 Å². The molecule has 0 aromatic carbocycles. The highest BCUT2D eigenvalue weighted by atomic mass is 16.5. The van der Waals surface area contributed by atoms with Gasteiger partial charge in [-0.2, -0.15) is 5.10 Å². The number of hydrogen-bond acceptors (Lipinski definition) is 7. The molecular formula is C18H24N6O5. The lowest BCUT2D eigenvalue weighted by molar-refractivity contribution is -0.126. The first-order valence-corrected chi connectivity index (χ1v) is 8.99. The van der Waals surface area contributed by atoms with Crippen LogP contribution in [0, 0.1) is 5.92 Å². The number of amides is 2. The van der Waals surface area contributed by atoms with E-state index in [1.54, 1.807) is 10.9 Å². The van der Waals surface area contributed by atoms with Crippen LogP contribution in [0.3, 0.4) is 0 Å². The molecule has 0 radical (unpaired) electrons. The van der Waals surface area contributed by atoms with Gasteiger partial charge in [-0.1, -0.05) is 0 Å². The fraction of sp³-hybridized carbons (Fsp3) is 0.444. The Morgan fingerprint density at radius 1 is 1.34 bits per heavy atom. The third kappa shape index (κ3) is 6.96. The quantitative estimate of drug-likeness (QED) is 0.524. The van der Waals surface area contributed by atoms with Crippen LogP contribution in [0.4, 0.5) is 0 Å². The highest BCUT2D eigenvalue weighted by molar-refractivity contribution is 5.78. The maximum Gasteiger partial charge on any atom is 0.290 e. The minimum absolute atomic E-state index is 0.00764. The molecule has 0 saturated carbocycles. The standard InChI is InChI=1S/C17H22N6O3.CH2O2/c1-26-10-16(24)19-7-12-4-5-18-14(6-12)8-20-17(25)13-2-3-15-21-11-22-23(15)9-13;2-1-3/h4-6,11,13H,2-3,7-10H2,1H3,(H,19,24)(H,20,25);1H,(H,2,3). The lowest BCUT2D eigenvalue weighted by atomic mass is 9.99. The van der Waals surface area contributed by atoms with Crippen LogP contribution in [0.1, 0.15) is 23.5 Å². The molecule has 3 N–H and O–H groups in total. The SMILES string of the molecule is COCC(=O)NCc1ccnc(CNC(=O)C2CCc3ncnn3C2)c1.O=CO. The highest BCUT2D eigenvalue weighted by Gasteiger charge is 2.25. The summed E-state index contributed by atoms with van der Waals surface area (Å²) in [6, 6.07) is 3.69. The summed E-state index contributed by atoms with van der Waals surface area (Å²) >= 11 is 0. The van der Waals surface area contributed by atoms with Crippen molar-refractivity contribution >= 4 is 18.3 Å². The van der Waals surface area contributed by atoms with Crippen LogP contribution in [0.5, 0.6) is 0 Å². The summed E-state index contributed by atoms with van der Waals surface area (Å²) in [5.74, 6) is 0.635. The maximum absolute atomic E-state index is 12.4. The molecule has 11 nitrogen and oxygen atoms in total. The molecule has 3 heterocycles. The van der Waals surface area contributed by atoms with Crippen LogP contribution >= 0.6 is 0 Å². The molecule has 29 heavy (non-hydrogen) atoms. The predicted octanol–water partition coefficient (Wildman–Crippen LogP) is -0.485. The number of aryl methyl sites for hydroxylation is 1. The van der Waals surface area contributed by atoms with Crippen LogP contribution in [-0.2, 0) is 45.2 Å². The third-order valence-corrected chi connectivity index (χ3v) is 4.27. The first-order valence-electron chi connectivity index (χ1n) is 8.99. The summed E-state index contributed by atoms with van der Waals surface area (Å²) in [5, 5.41) is 16.7. The fourth-order valence-electron chi connectivity index (χ4n) is 2.89. The van der Waals surface area contributed by atoms with Crippen molar-refractivity contribution in [2.45, 2.75) is 32.5 Å². The van der Waals surface area contributed by atoms with Crippen molar-refractivity contribution < 1.29 is 24.2 Å². The molecule has 1 unspecified atom stereocenters. The summed E-state index contributed by atoms with van der Waals surface area (Å²) in [5.41, 5.74) is 1.66. The topological polar surface area (TPSA) is 148 Å². The third-order valence-electron chi connectivity index (χ3n) is 4.27. The Bertz CT molecular complexity index is 825. The van der Waals surface area contributed by atoms with E-state index in [1.807, 2.05) is 12.1 Å². The predicted molar refractivity (Wildman–Crippen MR) is 100 cm³/mol. The van der Waals surface area contributed by atoms with E-state index in [0.717, 1.165) is 29.9 Å². The molecular weight excluding hydrogens is 380 g/mol. The van der Waals surface area contributed by atoms with E-state index in [-0.39, 0.29) is 30.8 Å². The molecule has 0 fully saturated rings. The van der Waals surface area contributed by atoms with E-state index < -0.39 is 0 Å². The number of methoxy groups -OCH3 is 1. The summed E-state index contributed by atoms with van der Waals surface area (Å²) in [6.07, 6.45) is 4.72. The van der Waals surface area contributed by atoms with Crippen molar-refractivity contribution in [3.8, 4) is 0 Å². The number of rotatable bonds is 7. The van der Waals surface area contributed by atoms with Crippen LogP contribution in [0.15, 0.2) is 24.7 Å². The zero-order valence-electron chi connectivity index (χ0n) is 16.1. The summed E-state index contributed by atoms with van der Waals surface area (Å²) in [7, 11) is 1.47. The van der Waals surface area contributed by atoms with Gasteiger partial charge in [0.05, 0.1) is 24.7 Å². The normalized spacial score (nSPS) is 14.7. The Morgan fingerprint density at radius 3 is 2.90 bits per heavy atom. The largest absolute Gasteiger partial charge is 0.483 e. The number of fused-ring (bicyclic) bond motifs is 1. The fourth-order valence-corrected chi connectivity index (χ4v) is 2.89. The maximum atomic E-state index is 12.4. The van der Waals surface area contributed by atoms with Gasteiger partial charge in [0.25, 0.3) is 6.47 Å². The number of aromatic nitrogens is 4. The molecule has 0 saturated heterocycles. The number of carbonyl (C=O) groups excluding carboxylic acids is 2. The summed E-state index contributed by atoms with van der Waals surface area (Å²) in [4.78, 5) is 40.6. The second kappa shape index (κ2) is 11.5. The lowest BCUT2D eigenvalue weighted by Gasteiger charge is -2.21. The molecule has 0 aliphatic carbocycles. The lowest BCUT2D eigenvalue weighted by Crippen LogP contribution is -2.36. The first-order chi connectivity index (χ1) is 14.1. The van der Waals surface area contributed by atoms with Crippen LogP contribution in [-0.4, -0.2) is 56.9 Å². The second-order valence-electron chi connectivity index (χ2n) is 6.28. The van der Waals surface area contributed by atoms with Gasteiger partial charge in [0, 0.05) is 26.3 Å². The van der Waals surface area contributed by atoms with Crippen molar-refractivity contribution in [3.63, 3.8) is 0 Å². The van der Waals surface area contributed by atoms with Crippen molar-refractivity contribution in [2.75, 3.05) is 13.7 Å². The molecule has 156 valence electrons. The smallest absolute Gasteiger partial charge is 0.290 e. The van der Waals surface area contributed by atoms with Gasteiger partial charge in [0.15, 0.2) is 0 Å². The van der Waals surface area contributed by atoms with E-state index in [2.05, 4.69) is 25.7 Å². The van der Waals surface area contributed by atoms with E-state index in [9.17, 15) is 9.59 Å². The zero-order valence-corrected chi connectivity index (χ0v) is 16.1. The molecule has 2 aromatic heterocycles. The molecule has 0 spiro atoms. The van der Waals surface area contributed by atoms with E-state index in [0.29, 0.717) is 19.6 Å². The number of nitrogens with zero attached hydrogens (tertiary/aromatic N) is 4. The number of carbonyl (C=O) groups is 3. The van der Waals surface area contributed by atoms with Crippen molar-refractivity contribution in [1.82, 2.24) is 30.4 Å². The summed E-state index contributed by atoms with van der Waals surface area (Å²) in [6.45, 7) is 1.08. The van der Waals surface area contributed by atoms with Gasteiger partial charge in [0.1, 0.15) is 18.8 Å². The van der Waals surface area contributed by atoms with E-state index in [4.69, 9.17) is 14.6 Å². The average Bonchev–Trinajstić information content (AvgIpc) is 3.19. The molecule has 2 aromatic rings. The van der Waals surface area contributed by atoms with Gasteiger partial charge < -0.3 is 20.5 Å². The van der Waals surface area contributed by atoms with Gasteiger partial charge >= 0.3 is 0 Å². The molecule has 1 aliphatic rings. The van der Waals surface area contributed by atoms with Crippen LogP contribution < -0.4 is 10.6 Å². The van der Waals surface area contributed by atoms with Gasteiger partial charge in [-0.25, -0.2) is 9.67 Å². The van der Waals surface area contributed by atoms with E-state index >= 15 is 0 Å². The number of carboxylic acid groups (broad SMARTS) is 1. The number of pyridine rings is 1.